The van der Waals surface area contributed by atoms with Crippen LogP contribution in [0.1, 0.15) is 38.2 Å². The molecule has 0 radical (unpaired) electrons. The predicted molar refractivity (Wildman–Crippen MR) is 96.8 cm³/mol. The highest BCUT2D eigenvalue weighted by Crippen LogP contribution is 2.55. The average Bonchev–Trinajstić information content (AvgIpc) is 3.10. The van der Waals surface area contributed by atoms with Crippen LogP contribution in [0.2, 0.25) is 13.1 Å². The van der Waals surface area contributed by atoms with Gasteiger partial charge < -0.3 is 9.88 Å². The molecule has 2 fully saturated rings. The van der Waals surface area contributed by atoms with E-state index < -0.39 is 0 Å². The fraction of sp³-hybridized carbons (Fsp3) is 0.632. The van der Waals surface area contributed by atoms with Crippen LogP contribution in [-0.4, -0.2) is 41.2 Å². The number of rotatable bonds is 1. The number of hydrogen-bond acceptors (Lipinski definition) is 2. The molecule has 2 aliphatic heterocycles. The maximum atomic E-state index is 4.66. The molecule has 4 heteroatoms. The third-order valence-corrected chi connectivity index (χ3v) is 7.21. The third-order valence-electron chi connectivity index (χ3n) is 7.21. The molecule has 0 atom stereocenters. The van der Waals surface area contributed by atoms with Gasteiger partial charge in [-0.05, 0) is 54.7 Å². The van der Waals surface area contributed by atoms with Gasteiger partial charge in [0.1, 0.15) is 5.65 Å². The summed E-state index contributed by atoms with van der Waals surface area (Å²) < 4.78 is 0. The lowest BCUT2D eigenvalue weighted by atomic mass is 9.45. The van der Waals surface area contributed by atoms with E-state index in [9.17, 15) is 0 Å². The SMILES string of the molecule is CCN1CC2(CCC3(CC2)CB(C)c2cnc4[nH]ccc4c23)C1. The lowest BCUT2D eigenvalue weighted by molar-refractivity contribution is -0.0375. The van der Waals surface area contributed by atoms with Gasteiger partial charge in [0.2, 0.25) is 0 Å². The van der Waals surface area contributed by atoms with Crippen LogP contribution in [-0.2, 0) is 5.41 Å². The van der Waals surface area contributed by atoms with E-state index in [0.717, 1.165) is 5.65 Å². The second-order valence-corrected chi connectivity index (χ2v) is 8.52. The van der Waals surface area contributed by atoms with Crippen molar-refractivity contribution in [1.29, 1.82) is 0 Å². The van der Waals surface area contributed by atoms with Crippen molar-refractivity contribution in [2.24, 2.45) is 5.41 Å². The lowest BCUT2D eigenvalue weighted by Crippen LogP contribution is -2.58. The number of H-pyrrole nitrogens is 1. The minimum absolute atomic E-state index is 0.427. The molecule has 1 aliphatic carbocycles. The second-order valence-electron chi connectivity index (χ2n) is 8.52. The van der Waals surface area contributed by atoms with E-state index in [1.807, 2.05) is 0 Å². The van der Waals surface area contributed by atoms with Crippen molar-refractivity contribution in [3.8, 4) is 0 Å². The Labute approximate surface area is 138 Å². The van der Waals surface area contributed by atoms with Crippen LogP contribution in [0.25, 0.3) is 11.0 Å². The Morgan fingerprint density at radius 1 is 1.26 bits per heavy atom. The summed E-state index contributed by atoms with van der Waals surface area (Å²) >= 11 is 0. The Balaban J connectivity index is 1.51. The third kappa shape index (κ3) is 1.84. The summed E-state index contributed by atoms with van der Waals surface area (Å²) in [5.74, 6) is 0. The molecule has 1 saturated heterocycles. The highest BCUT2D eigenvalue weighted by atomic mass is 15.2. The molecule has 4 heterocycles. The first-order chi connectivity index (χ1) is 11.1. The van der Waals surface area contributed by atoms with Crippen molar-refractivity contribution >= 4 is 23.2 Å². The Hall–Kier alpha value is -1.29. The van der Waals surface area contributed by atoms with E-state index >= 15 is 0 Å². The molecule has 0 bridgehead atoms. The Kier molecular flexibility index (Phi) is 2.83. The van der Waals surface area contributed by atoms with Gasteiger partial charge in [0.25, 0.3) is 0 Å². The second kappa shape index (κ2) is 4.63. The normalized spacial score (nSPS) is 25.2. The number of hydrogen-bond donors (Lipinski definition) is 1. The topological polar surface area (TPSA) is 31.9 Å². The van der Waals surface area contributed by atoms with Crippen molar-refractivity contribution in [3.05, 3.63) is 24.0 Å². The molecule has 2 aromatic rings. The zero-order valence-corrected chi connectivity index (χ0v) is 14.4. The van der Waals surface area contributed by atoms with Gasteiger partial charge in [-0.2, -0.15) is 0 Å². The maximum absolute atomic E-state index is 4.66. The summed E-state index contributed by atoms with van der Waals surface area (Å²) in [5, 5.41) is 1.39. The first kappa shape index (κ1) is 14.1. The quantitative estimate of drug-likeness (QED) is 0.821. The molecule has 1 N–H and O–H groups in total. The van der Waals surface area contributed by atoms with E-state index in [1.165, 1.54) is 62.5 Å². The summed E-state index contributed by atoms with van der Waals surface area (Å²) in [6.07, 6.45) is 11.2. The number of aromatic nitrogens is 2. The van der Waals surface area contributed by atoms with Crippen molar-refractivity contribution in [1.82, 2.24) is 14.9 Å². The van der Waals surface area contributed by atoms with Crippen LogP contribution in [0, 0.1) is 5.41 Å². The molecule has 2 spiro atoms. The van der Waals surface area contributed by atoms with Gasteiger partial charge in [-0.1, -0.05) is 25.5 Å². The number of pyridine rings is 1. The molecule has 120 valence electrons. The first-order valence-corrected chi connectivity index (χ1v) is 9.34. The molecule has 0 amide bonds. The Bertz CT molecular complexity index is 749. The van der Waals surface area contributed by atoms with Crippen LogP contribution < -0.4 is 5.46 Å². The van der Waals surface area contributed by atoms with Crippen molar-refractivity contribution < 1.29 is 0 Å². The van der Waals surface area contributed by atoms with Gasteiger partial charge in [0, 0.05) is 30.9 Å². The van der Waals surface area contributed by atoms with Crippen molar-refractivity contribution in [2.75, 3.05) is 19.6 Å². The molecule has 0 aromatic carbocycles. The molecule has 23 heavy (non-hydrogen) atoms. The van der Waals surface area contributed by atoms with Crippen LogP contribution in [0.4, 0.5) is 0 Å². The fourth-order valence-electron chi connectivity index (χ4n) is 5.94. The van der Waals surface area contributed by atoms with Gasteiger partial charge in [-0.25, -0.2) is 4.98 Å². The zero-order chi connectivity index (χ0) is 15.7. The first-order valence-electron chi connectivity index (χ1n) is 9.34. The zero-order valence-electron chi connectivity index (χ0n) is 14.4. The number of nitrogens with one attached hydrogen (secondary N) is 1. The molecule has 3 nitrogen and oxygen atoms in total. The number of nitrogens with zero attached hydrogens (tertiary/aromatic N) is 2. The highest BCUT2D eigenvalue weighted by Gasteiger charge is 2.52. The average molecular weight is 307 g/mol. The predicted octanol–water partition coefficient (Wildman–Crippen LogP) is 3.04. The summed E-state index contributed by atoms with van der Waals surface area (Å²) in [7, 11) is 0. The smallest absolute Gasteiger partial charge is 0.176 e. The van der Waals surface area contributed by atoms with E-state index in [4.69, 9.17) is 0 Å². The molecule has 5 rings (SSSR count). The van der Waals surface area contributed by atoms with Crippen LogP contribution in [0.5, 0.6) is 0 Å². The summed E-state index contributed by atoms with van der Waals surface area (Å²) in [4.78, 5) is 10.6. The maximum Gasteiger partial charge on any atom is 0.176 e. The van der Waals surface area contributed by atoms with Crippen LogP contribution in [0.3, 0.4) is 0 Å². The van der Waals surface area contributed by atoms with Gasteiger partial charge in [-0.3, -0.25) is 0 Å². The van der Waals surface area contributed by atoms with Crippen molar-refractivity contribution in [3.63, 3.8) is 0 Å². The number of likely N-dealkylation sites (tertiary alicyclic amines) is 1. The van der Waals surface area contributed by atoms with Crippen LogP contribution in [0.15, 0.2) is 18.5 Å². The highest BCUT2D eigenvalue weighted by molar-refractivity contribution is 6.74. The van der Waals surface area contributed by atoms with E-state index in [0.29, 0.717) is 17.5 Å². The minimum atomic E-state index is 0.427. The molecular formula is C19H26BN3. The Morgan fingerprint density at radius 2 is 2.04 bits per heavy atom. The lowest BCUT2D eigenvalue weighted by Gasteiger charge is -2.56. The van der Waals surface area contributed by atoms with E-state index in [2.05, 4.69) is 47.1 Å². The molecule has 0 unspecified atom stereocenters. The summed E-state index contributed by atoms with van der Waals surface area (Å²) in [6, 6.07) is 2.26. The molecule has 1 saturated carbocycles. The Morgan fingerprint density at radius 3 is 2.78 bits per heavy atom. The molecule has 2 aromatic heterocycles. The minimum Gasteiger partial charge on any atom is -0.346 e. The number of aromatic amines is 1. The van der Waals surface area contributed by atoms with Crippen LogP contribution >= 0.6 is 0 Å². The monoisotopic (exact) mass is 307 g/mol. The van der Waals surface area contributed by atoms with Gasteiger partial charge in [0.15, 0.2) is 6.71 Å². The van der Waals surface area contributed by atoms with E-state index in [-0.39, 0.29) is 0 Å². The van der Waals surface area contributed by atoms with Crippen molar-refractivity contribution in [2.45, 2.75) is 51.2 Å². The fourth-order valence-corrected chi connectivity index (χ4v) is 5.94. The summed E-state index contributed by atoms with van der Waals surface area (Å²) in [5.41, 5.74) is 5.33. The largest absolute Gasteiger partial charge is 0.346 e. The summed E-state index contributed by atoms with van der Waals surface area (Å²) in [6.45, 7) is 9.28. The molecular weight excluding hydrogens is 281 g/mol. The van der Waals surface area contributed by atoms with E-state index in [1.54, 1.807) is 5.56 Å². The standard InChI is InChI=1S/C19H26BN3/c1-3-23-12-18(13-23)5-7-19(8-6-18)11-20(2)15-10-22-17-14(16(15)19)4-9-21-17/h4,9-10H,3,5-8,11-13H2,1-2H3,(H,21,22). The number of fused-ring (bicyclic) bond motifs is 4. The van der Waals surface area contributed by atoms with Gasteiger partial charge in [-0.15, -0.1) is 0 Å². The van der Waals surface area contributed by atoms with Gasteiger partial charge in [0.05, 0.1) is 0 Å². The molecule has 3 aliphatic rings. The van der Waals surface area contributed by atoms with Gasteiger partial charge >= 0.3 is 0 Å².